The molecule has 2 amide bonds. The fraction of sp³-hybridized carbons (Fsp3) is 0.370. The number of carbonyl (C=O) groups is 1. The number of amides is 2. The van der Waals surface area contributed by atoms with Gasteiger partial charge >= 0.3 is 6.03 Å². The van der Waals surface area contributed by atoms with Crippen LogP contribution in [0, 0.1) is 19.7 Å². The maximum absolute atomic E-state index is 13.7. The van der Waals surface area contributed by atoms with E-state index in [-0.39, 0.29) is 11.8 Å². The molecule has 3 aromatic rings. The Labute approximate surface area is 204 Å². The number of carbonyl (C=O) groups excluding carboxylic acids is 1. The number of fused-ring (bicyclic) bond motifs is 1. The zero-order valence-corrected chi connectivity index (χ0v) is 20.2. The summed E-state index contributed by atoms with van der Waals surface area (Å²) in [5.74, 6) is 1.26. The van der Waals surface area contributed by atoms with Gasteiger partial charge in [0.2, 0.25) is 0 Å². The van der Waals surface area contributed by atoms with E-state index in [2.05, 4.69) is 10.2 Å². The Morgan fingerprint density at radius 3 is 2.54 bits per heavy atom. The third kappa shape index (κ3) is 5.12. The summed E-state index contributed by atoms with van der Waals surface area (Å²) in [6.07, 6.45) is 1.10. The summed E-state index contributed by atoms with van der Waals surface area (Å²) in [7, 11) is 0. The van der Waals surface area contributed by atoms with Gasteiger partial charge in [-0.1, -0.05) is 30.3 Å². The van der Waals surface area contributed by atoms with Gasteiger partial charge in [-0.05, 0) is 42.7 Å². The molecule has 8 heteroatoms. The van der Waals surface area contributed by atoms with Gasteiger partial charge in [0.1, 0.15) is 17.5 Å². The van der Waals surface area contributed by atoms with Gasteiger partial charge in [-0.15, -0.1) is 0 Å². The highest BCUT2D eigenvalue weighted by Crippen LogP contribution is 2.29. The number of para-hydroxylation sites is 1. The van der Waals surface area contributed by atoms with E-state index in [9.17, 15) is 9.18 Å². The number of aryl methyl sites for hydroxylation is 2. The Kier molecular flexibility index (Phi) is 6.63. The smallest absolute Gasteiger partial charge is 0.322 e. The molecule has 0 unspecified atom stereocenters. The zero-order chi connectivity index (χ0) is 24.4. The summed E-state index contributed by atoms with van der Waals surface area (Å²) in [5, 5.41) is 3.10. The molecular weight excluding hydrogens is 445 g/mol. The van der Waals surface area contributed by atoms with Crippen LogP contribution in [0.15, 0.2) is 42.5 Å². The highest BCUT2D eigenvalue weighted by molar-refractivity contribution is 5.91. The molecule has 35 heavy (non-hydrogen) atoms. The van der Waals surface area contributed by atoms with Crippen LogP contribution in [0.25, 0.3) is 0 Å². The zero-order valence-electron chi connectivity index (χ0n) is 20.2. The van der Waals surface area contributed by atoms with Gasteiger partial charge in [-0.2, -0.15) is 0 Å². The largest absolute Gasteiger partial charge is 0.378 e. The number of halogens is 1. The number of ether oxygens (including phenoxy) is 1. The monoisotopic (exact) mass is 475 g/mol. The van der Waals surface area contributed by atoms with Gasteiger partial charge in [-0.3, -0.25) is 0 Å². The first-order valence-electron chi connectivity index (χ1n) is 12.1. The predicted octanol–water partition coefficient (Wildman–Crippen LogP) is 4.25. The van der Waals surface area contributed by atoms with Gasteiger partial charge in [0.15, 0.2) is 0 Å². The molecule has 0 radical (unpaired) electrons. The quantitative estimate of drug-likeness (QED) is 0.611. The van der Waals surface area contributed by atoms with Crippen LogP contribution in [0.1, 0.15) is 33.8 Å². The van der Waals surface area contributed by atoms with E-state index in [1.165, 1.54) is 12.1 Å². The molecule has 182 valence electrons. The minimum atomic E-state index is -0.264. The molecule has 0 spiro atoms. The molecule has 1 saturated heterocycles. The van der Waals surface area contributed by atoms with Crippen molar-refractivity contribution in [2.45, 2.75) is 33.2 Å². The van der Waals surface area contributed by atoms with Gasteiger partial charge < -0.3 is 19.9 Å². The maximum Gasteiger partial charge on any atom is 0.322 e. The minimum Gasteiger partial charge on any atom is -0.378 e. The first kappa shape index (κ1) is 23.2. The number of anilines is 2. The summed E-state index contributed by atoms with van der Waals surface area (Å²) in [6.45, 7) is 7.75. The summed E-state index contributed by atoms with van der Waals surface area (Å²) >= 11 is 0. The van der Waals surface area contributed by atoms with Gasteiger partial charge in [0.25, 0.3) is 0 Å². The highest BCUT2D eigenvalue weighted by atomic mass is 19.1. The van der Waals surface area contributed by atoms with Crippen molar-refractivity contribution in [3.05, 3.63) is 82.1 Å². The first-order chi connectivity index (χ1) is 17.0. The van der Waals surface area contributed by atoms with E-state index in [4.69, 9.17) is 14.7 Å². The van der Waals surface area contributed by atoms with Crippen LogP contribution in [-0.4, -0.2) is 53.7 Å². The lowest BCUT2D eigenvalue weighted by Crippen LogP contribution is -2.42. The van der Waals surface area contributed by atoms with Gasteiger partial charge in [0, 0.05) is 43.7 Å². The van der Waals surface area contributed by atoms with Crippen LogP contribution < -0.4 is 10.2 Å². The van der Waals surface area contributed by atoms with Crippen LogP contribution >= 0.6 is 0 Å². The summed E-state index contributed by atoms with van der Waals surface area (Å²) < 4.78 is 19.3. The molecule has 2 aromatic carbocycles. The fourth-order valence-corrected chi connectivity index (χ4v) is 4.76. The minimum absolute atomic E-state index is 0.121. The standard InChI is InChI=1S/C27H30FN5O2/c1-18-5-3-6-19(2)25(18)31-27(34)33-10-9-23-22(17-33)26(32-11-13-35-14-12-32)30-24(29-23)16-20-7-4-8-21(28)15-20/h3-8,15H,9-14,16-17H2,1-2H3,(H,31,34). The van der Waals surface area contributed by atoms with Crippen molar-refractivity contribution in [2.75, 3.05) is 43.1 Å². The normalized spacial score (nSPS) is 15.6. The van der Waals surface area contributed by atoms with E-state index >= 15 is 0 Å². The maximum atomic E-state index is 13.7. The lowest BCUT2D eigenvalue weighted by Gasteiger charge is -2.34. The number of aromatic nitrogens is 2. The van der Waals surface area contributed by atoms with E-state index in [0.717, 1.165) is 52.5 Å². The summed E-state index contributed by atoms with van der Waals surface area (Å²) in [5.41, 5.74) is 5.72. The lowest BCUT2D eigenvalue weighted by atomic mass is 10.0. The Hall–Kier alpha value is -3.52. The number of hydrogen-bond donors (Lipinski definition) is 1. The highest BCUT2D eigenvalue weighted by Gasteiger charge is 2.28. The van der Waals surface area contributed by atoms with Gasteiger partial charge in [0.05, 0.1) is 25.5 Å². The second-order valence-electron chi connectivity index (χ2n) is 9.16. The predicted molar refractivity (Wildman–Crippen MR) is 133 cm³/mol. The molecule has 3 heterocycles. The van der Waals surface area contributed by atoms with Crippen molar-refractivity contribution in [1.29, 1.82) is 0 Å². The van der Waals surface area contributed by atoms with E-state index < -0.39 is 0 Å². The fourth-order valence-electron chi connectivity index (χ4n) is 4.76. The van der Waals surface area contributed by atoms with Crippen LogP contribution in [-0.2, 0) is 24.1 Å². The molecule has 2 aliphatic rings. The van der Waals surface area contributed by atoms with E-state index in [1.54, 1.807) is 6.07 Å². The Morgan fingerprint density at radius 2 is 1.80 bits per heavy atom. The second kappa shape index (κ2) is 10.00. The number of morpholine rings is 1. The lowest BCUT2D eigenvalue weighted by molar-refractivity contribution is 0.122. The third-order valence-electron chi connectivity index (χ3n) is 6.65. The second-order valence-corrected chi connectivity index (χ2v) is 9.16. The number of benzene rings is 2. The summed E-state index contributed by atoms with van der Waals surface area (Å²) in [6, 6.07) is 12.4. The average molecular weight is 476 g/mol. The number of hydrogen-bond acceptors (Lipinski definition) is 5. The van der Waals surface area contributed by atoms with Gasteiger partial charge in [-0.25, -0.2) is 19.2 Å². The number of nitrogens with one attached hydrogen (secondary N) is 1. The van der Waals surface area contributed by atoms with Crippen LogP contribution in [0.5, 0.6) is 0 Å². The molecule has 1 N–H and O–H groups in total. The van der Waals surface area contributed by atoms with E-state index in [1.807, 2.05) is 43.0 Å². The molecule has 1 fully saturated rings. The van der Waals surface area contributed by atoms with Crippen molar-refractivity contribution in [2.24, 2.45) is 0 Å². The van der Waals surface area contributed by atoms with Crippen molar-refractivity contribution in [1.82, 2.24) is 14.9 Å². The first-order valence-corrected chi connectivity index (χ1v) is 12.1. The van der Waals surface area contributed by atoms with Crippen molar-refractivity contribution >= 4 is 17.5 Å². The number of nitrogens with zero attached hydrogens (tertiary/aromatic N) is 4. The molecule has 0 saturated carbocycles. The number of urea groups is 1. The molecule has 1 aromatic heterocycles. The van der Waals surface area contributed by atoms with Crippen LogP contribution in [0.4, 0.5) is 20.7 Å². The SMILES string of the molecule is Cc1cccc(C)c1NC(=O)N1CCc2nc(Cc3cccc(F)c3)nc(N3CCOCC3)c2C1. The van der Waals surface area contributed by atoms with Crippen LogP contribution in [0.2, 0.25) is 0 Å². The van der Waals surface area contributed by atoms with Crippen LogP contribution in [0.3, 0.4) is 0 Å². The molecule has 5 rings (SSSR count). The third-order valence-corrected chi connectivity index (χ3v) is 6.65. The molecule has 2 aliphatic heterocycles. The molecular formula is C27H30FN5O2. The Morgan fingerprint density at radius 1 is 1.06 bits per heavy atom. The van der Waals surface area contributed by atoms with Crippen molar-refractivity contribution in [3.63, 3.8) is 0 Å². The number of rotatable bonds is 4. The molecule has 0 aliphatic carbocycles. The topological polar surface area (TPSA) is 70.6 Å². The average Bonchev–Trinajstić information content (AvgIpc) is 2.86. The summed E-state index contributed by atoms with van der Waals surface area (Å²) in [4.78, 5) is 27.0. The Bertz CT molecular complexity index is 1220. The molecule has 0 atom stereocenters. The van der Waals surface area contributed by atoms with Crippen molar-refractivity contribution < 1.29 is 13.9 Å². The molecule has 7 nitrogen and oxygen atoms in total. The Balaban J connectivity index is 1.43. The molecule has 0 bridgehead atoms. The van der Waals surface area contributed by atoms with E-state index in [0.29, 0.717) is 45.0 Å². The van der Waals surface area contributed by atoms with Crippen molar-refractivity contribution in [3.8, 4) is 0 Å².